The van der Waals surface area contributed by atoms with Gasteiger partial charge in [0.15, 0.2) is 0 Å². The van der Waals surface area contributed by atoms with Gasteiger partial charge in [-0.1, -0.05) is 20.3 Å². The normalized spacial score (nSPS) is 26.4. The number of hydrogen-bond acceptors (Lipinski definition) is 2. The van der Waals surface area contributed by atoms with Crippen molar-refractivity contribution >= 4 is 6.09 Å². The molecule has 15 heavy (non-hydrogen) atoms. The molecule has 0 aliphatic heterocycles. The Balaban J connectivity index is 2.45. The van der Waals surface area contributed by atoms with E-state index in [1.54, 1.807) is 0 Å². The van der Waals surface area contributed by atoms with E-state index in [0.29, 0.717) is 18.4 Å². The Kier molecular flexibility index (Phi) is 4.92. The smallest absolute Gasteiger partial charge is 0.407 e. The van der Waals surface area contributed by atoms with Gasteiger partial charge in [0, 0.05) is 6.54 Å². The van der Waals surface area contributed by atoms with Crippen LogP contribution in [0.1, 0.15) is 46.5 Å². The van der Waals surface area contributed by atoms with Gasteiger partial charge >= 0.3 is 6.09 Å². The van der Waals surface area contributed by atoms with Gasteiger partial charge in [-0.05, 0) is 38.0 Å². The molecule has 1 aliphatic carbocycles. The first-order chi connectivity index (χ1) is 7.15. The highest BCUT2D eigenvalue weighted by atomic mass is 16.6. The second-order valence-corrected chi connectivity index (χ2v) is 4.67. The SMILES string of the molecule is CCNC(=O)OC1CCCCC1C(C)C. The topological polar surface area (TPSA) is 38.3 Å². The van der Waals surface area contributed by atoms with Crippen molar-refractivity contribution < 1.29 is 9.53 Å². The van der Waals surface area contributed by atoms with Gasteiger partial charge in [-0.3, -0.25) is 0 Å². The Bertz CT molecular complexity index is 204. The predicted molar refractivity (Wildman–Crippen MR) is 60.7 cm³/mol. The summed E-state index contributed by atoms with van der Waals surface area (Å²) < 4.78 is 5.46. The first-order valence-electron chi connectivity index (χ1n) is 6.09. The molecule has 3 heteroatoms. The van der Waals surface area contributed by atoms with Crippen molar-refractivity contribution in [1.82, 2.24) is 5.32 Å². The lowest BCUT2D eigenvalue weighted by molar-refractivity contribution is 0.0207. The summed E-state index contributed by atoms with van der Waals surface area (Å²) in [6, 6.07) is 0. The molecule has 0 aromatic heterocycles. The number of carbonyl (C=O) groups excluding carboxylic acids is 1. The van der Waals surface area contributed by atoms with Gasteiger partial charge in [0.25, 0.3) is 0 Å². The minimum Gasteiger partial charge on any atom is -0.446 e. The van der Waals surface area contributed by atoms with Gasteiger partial charge in [0.05, 0.1) is 0 Å². The third-order valence-electron chi connectivity index (χ3n) is 3.19. The van der Waals surface area contributed by atoms with Gasteiger partial charge in [-0.15, -0.1) is 0 Å². The Morgan fingerprint density at radius 1 is 1.40 bits per heavy atom. The summed E-state index contributed by atoms with van der Waals surface area (Å²) >= 11 is 0. The van der Waals surface area contributed by atoms with Crippen LogP contribution in [0.25, 0.3) is 0 Å². The maximum Gasteiger partial charge on any atom is 0.407 e. The number of nitrogens with one attached hydrogen (secondary N) is 1. The molecule has 0 aromatic carbocycles. The molecule has 1 fully saturated rings. The zero-order valence-corrected chi connectivity index (χ0v) is 10.1. The lowest BCUT2D eigenvalue weighted by Gasteiger charge is -2.33. The molecule has 0 aromatic rings. The van der Waals surface area contributed by atoms with Crippen molar-refractivity contribution in [3.63, 3.8) is 0 Å². The van der Waals surface area contributed by atoms with Gasteiger partial charge in [0.1, 0.15) is 6.10 Å². The van der Waals surface area contributed by atoms with E-state index >= 15 is 0 Å². The number of amides is 1. The second-order valence-electron chi connectivity index (χ2n) is 4.67. The monoisotopic (exact) mass is 213 g/mol. The van der Waals surface area contributed by atoms with Crippen LogP contribution in [-0.2, 0) is 4.74 Å². The molecule has 0 saturated heterocycles. The predicted octanol–water partition coefficient (Wildman–Crippen LogP) is 2.95. The van der Waals surface area contributed by atoms with Crippen LogP contribution in [0.5, 0.6) is 0 Å². The second kappa shape index (κ2) is 5.99. The Labute approximate surface area is 92.6 Å². The van der Waals surface area contributed by atoms with Crippen molar-refractivity contribution in [3.05, 3.63) is 0 Å². The highest BCUT2D eigenvalue weighted by Gasteiger charge is 2.30. The van der Waals surface area contributed by atoms with Crippen molar-refractivity contribution in [2.24, 2.45) is 11.8 Å². The number of alkyl carbamates (subject to hydrolysis) is 1. The Hall–Kier alpha value is -0.730. The Morgan fingerprint density at radius 2 is 2.07 bits per heavy atom. The number of rotatable bonds is 3. The highest BCUT2D eigenvalue weighted by Crippen LogP contribution is 2.32. The molecule has 1 saturated carbocycles. The van der Waals surface area contributed by atoms with E-state index in [-0.39, 0.29) is 12.2 Å². The van der Waals surface area contributed by atoms with E-state index in [2.05, 4.69) is 19.2 Å². The third-order valence-corrected chi connectivity index (χ3v) is 3.19. The van der Waals surface area contributed by atoms with E-state index in [1.165, 1.54) is 19.3 Å². The molecule has 1 rings (SSSR count). The van der Waals surface area contributed by atoms with E-state index in [9.17, 15) is 4.79 Å². The molecule has 2 unspecified atom stereocenters. The molecule has 3 nitrogen and oxygen atoms in total. The van der Waals surface area contributed by atoms with Gasteiger partial charge < -0.3 is 10.1 Å². The molecule has 2 atom stereocenters. The largest absolute Gasteiger partial charge is 0.446 e. The van der Waals surface area contributed by atoms with Crippen LogP contribution < -0.4 is 5.32 Å². The van der Waals surface area contributed by atoms with Crippen LogP contribution in [0.3, 0.4) is 0 Å². The van der Waals surface area contributed by atoms with Crippen molar-refractivity contribution in [2.45, 2.75) is 52.6 Å². The van der Waals surface area contributed by atoms with Gasteiger partial charge in [-0.2, -0.15) is 0 Å². The van der Waals surface area contributed by atoms with Crippen molar-refractivity contribution in [2.75, 3.05) is 6.54 Å². The van der Waals surface area contributed by atoms with Crippen LogP contribution in [0, 0.1) is 11.8 Å². The average molecular weight is 213 g/mol. The molecule has 0 bridgehead atoms. The molecular formula is C12H23NO2. The first kappa shape index (κ1) is 12.3. The molecule has 1 amide bonds. The fourth-order valence-corrected chi connectivity index (χ4v) is 2.36. The Morgan fingerprint density at radius 3 is 2.67 bits per heavy atom. The third kappa shape index (κ3) is 3.73. The lowest BCUT2D eigenvalue weighted by Crippen LogP contribution is -2.36. The number of ether oxygens (including phenoxy) is 1. The average Bonchev–Trinajstić information content (AvgIpc) is 2.18. The first-order valence-corrected chi connectivity index (χ1v) is 6.09. The minimum absolute atomic E-state index is 0.130. The van der Waals surface area contributed by atoms with Crippen LogP contribution >= 0.6 is 0 Å². The zero-order chi connectivity index (χ0) is 11.3. The summed E-state index contributed by atoms with van der Waals surface area (Å²) in [5.41, 5.74) is 0. The standard InChI is InChI=1S/C12H23NO2/c1-4-13-12(14)15-11-8-6-5-7-10(11)9(2)3/h9-11H,4-8H2,1-3H3,(H,13,14). The van der Waals surface area contributed by atoms with E-state index < -0.39 is 0 Å². The molecule has 1 aliphatic rings. The maximum absolute atomic E-state index is 11.3. The molecule has 0 spiro atoms. The van der Waals surface area contributed by atoms with Crippen molar-refractivity contribution in [3.8, 4) is 0 Å². The van der Waals surface area contributed by atoms with E-state index in [1.807, 2.05) is 6.92 Å². The quantitative estimate of drug-likeness (QED) is 0.782. The van der Waals surface area contributed by atoms with Crippen LogP contribution in [-0.4, -0.2) is 18.7 Å². The van der Waals surface area contributed by atoms with Crippen molar-refractivity contribution in [1.29, 1.82) is 0 Å². The van der Waals surface area contributed by atoms with E-state index in [4.69, 9.17) is 4.74 Å². The number of carbonyl (C=O) groups is 1. The maximum atomic E-state index is 11.3. The summed E-state index contributed by atoms with van der Waals surface area (Å²) in [4.78, 5) is 11.3. The summed E-state index contributed by atoms with van der Waals surface area (Å²) in [7, 11) is 0. The van der Waals surface area contributed by atoms with Gasteiger partial charge in [-0.25, -0.2) is 4.79 Å². The van der Waals surface area contributed by atoms with Crippen LogP contribution in [0.4, 0.5) is 4.79 Å². The van der Waals surface area contributed by atoms with Crippen LogP contribution in [0.15, 0.2) is 0 Å². The minimum atomic E-state index is -0.255. The number of hydrogen-bond donors (Lipinski definition) is 1. The molecular weight excluding hydrogens is 190 g/mol. The molecule has 88 valence electrons. The molecule has 0 radical (unpaired) electrons. The van der Waals surface area contributed by atoms with Crippen LogP contribution in [0.2, 0.25) is 0 Å². The lowest BCUT2D eigenvalue weighted by atomic mass is 9.79. The highest BCUT2D eigenvalue weighted by molar-refractivity contribution is 5.67. The zero-order valence-electron chi connectivity index (χ0n) is 10.1. The fraction of sp³-hybridized carbons (Fsp3) is 0.917. The fourth-order valence-electron chi connectivity index (χ4n) is 2.36. The van der Waals surface area contributed by atoms with E-state index in [0.717, 1.165) is 6.42 Å². The summed E-state index contributed by atoms with van der Waals surface area (Å²) in [6.07, 6.45) is 4.56. The molecule has 1 N–H and O–H groups in total. The summed E-state index contributed by atoms with van der Waals surface area (Å²) in [5.74, 6) is 1.14. The molecule has 0 heterocycles. The summed E-state index contributed by atoms with van der Waals surface area (Å²) in [6.45, 7) is 6.97. The summed E-state index contributed by atoms with van der Waals surface area (Å²) in [5, 5.41) is 2.69. The van der Waals surface area contributed by atoms with Gasteiger partial charge in [0.2, 0.25) is 0 Å².